The predicted octanol–water partition coefficient (Wildman–Crippen LogP) is 5.88. The van der Waals surface area contributed by atoms with Crippen LogP contribution >= 0.6 is 23.4 Å². The van der Waals surface area contributed by atoms with Crippen molar-refractivity contribution < 1.29 is 4.79 Å². The monoisotopic (exact) mass is 480 g/mol. The van der Waals surface area contributed by atoms with Crippen LogP contribution in [0.1, 0.15) is 25.3 Å². The van der Waals surface area contributed by atoms with Crippen LogP contribution in [0.15, 0.2) is 64.7 Å². The lowest BCUT2D eigenvalue weighted by atomic mass is 10.1. The minimum atomic E-state index is -0.186. The third-order valence-corrected chi connectivity index (χ3v) is 6.74. The van der Waals surface area contributed by atoms with Gasteiger partial charge in [0.25, 0.3) is 5.56 Å². The van der Waals surface area contributed by atoms with Gasteiger partial charge in [-0.05, 0) is 36.6 Å². The molecule has 4 aromatic rings. The van der Waals surface area contributed by atoms with E-state index in [0.717, 1.165) is 29.5 Å². The summed E-state index contributed by atoms with van der Waals surface area (Å²) in [5.41, 5.74) is 4.41. The third kappa shape index (κ3) is 5.15. The normalized spacial score (nSPS) is 11.1. The summed E-state index contributed by atoms with van der Waals surface area (Å²) >= 11 is 7.42. The fourth-order valence-corrected chi connectivity index (χ4v) is 4.53. The number of rotatable bonds is 8. The van der Waals surface area contributed by atoms with E-state index in [0.29, 0.717) is 33.4 Å². The average Bonchev–Trinajstić information content (AvgIpc) is 3.24. The largest absolute Gasteiger partial charge is 0.355 e. The van der Waals surface area contributed by atoms with Crippen LogP contribution in [0.3, 0.4) is 0 Å². The second kappa shape index (κ2) is 10.3. The highest BCUT2D eigenvalue weighted by Crippen LogP contribution is 2.28. The molecule has 8 heteroatoms. The molecular formula is C25H25ClN4O2S. The molecule has 0 aliphatic rings. The number of aromatic nitrogens is 3. The van der Waals surface area contributed by atoms with Gasteiger partial charge in [-0.1, -0.05) is 73.1 Å². The van der Waals surface area contributed by atoms with Crippen molar-refractivity contribution in [3.05, 3.63) is 75.7 Å². The number of anilines is 1. The van der Waals surface area contributed by atoms with Crippen LogP contribution < -0.4 is 10.9 Å². The van der Waals surface area contributed by atoms with E-state index in [4.69, 9.17) is 16.6 Å². The molecule has 0 bridgehead atoms. The maximum absolute atomic E-state index is 13.3. The third-order valence-electron chi connectivity index (χ3n) is 5.36. The van der Waals surface area contributed by atoms with Crippen LogP contribution in [0.25, 0.3) is 22.2 Å². The molecule has 0 fully saturated rings. The minimum Gasteiger partial charge on any atom is -0.355 e. The molecule has 2 N–H and O–H groups in total. The van der Waals surface area contributed by atoms with Crippen molar-refractivity contribution in [2.75, 3.05) is 11.1 Å². The SMILES string of the molecule is CCCCn1c(SCC(=O)Nc2ccc(C)c(Cl)c2)nc2c(-c3ccccc3)c[nH]c2c1=O. The van der Waals surface area contributed by atoms with E-state index in [2.05, 4.69) is 17.2 Å². The lowest BCUT2D eigenvalue weighted by molar-refractivity contribution is -0.113. The molecule has 2 aromatic heterocycles. The van der Waals surface area contributed by atoms with Crippen LogP contribution in [0.2, 0.25) is 5.02 Å². The molecular weight excluding hydrogens is 456 g/mol. The van der Waals surface area contributed by atoms with E-state index < -0.39 is 0 Å². The number of hydrogen-bond donors (Lipinski definition) is 2. The summed E-state index contributed by atoms with van der Waals surface area (Å²) in [7, 11) is 0. The highest BCUT2D eigenvalue weighted by Gasteiger charge is 2.17. The van der Waals surface area contributed by atoms with Gasteiger partial charge < -0.3 is 10.3 Å². The second-order valence-electron chi connectivity index (χ2n) is 7.80. The highest BCUT2D eigenvalue weighted by molar-refractivity contribution is 7.99. The maximum atomic E-state index is 13.3. The van der Waals surface area contributed by atoms with Gasteiger partial charge in [0.1, 0.15) is 11.0 Å². The summed E-state index contributed by atoms with van der Waals surface area (Å²) in [6.45, 7) is 4.54. The number of H-pyrrole nitrogens is 1. The molecule has 33 heavy (non-hydrogen) atoms. The van der Waals surface area contributed by atoms with Crippen LogP contribution in [0, 0.1) is 6.92 Å². The Hall–Kier alpha value is -3.03. The Morgan fingerprint density at radius 2 is 2.00 bits per heavy atom. The van der Waals surface area contributed by atoms with Crippen molar-refractivity contribution in [2.45, 2.75) is 38.4 Å². The van der Waals surface area contributed by atoms with Gasteiger partial charge in [0.2, 0.25) is 5.91 Å². The number of fused-ring (bicyclic) bond motifs is 1. The zero-order chi connectivity index (χ0) is 23.4. The molecule has 2 heterocycles. The Labute approximate surface area is 201 Å². The number of carbonyl (C=O) groups is 1. The lowest BCUT2D eigenvalue weighted by Crippen LogP contribution is -2.24. The van der Waals surface area contributed by atoms with Crippen molar-refractivity contribution >= 4 is 46.0 Å². The first-order valence-electron chi connectivity index (χ1n) is 10.8. The molecule has 4 rings (SSSR count). The van der Waals surface area contributed by atoms with E-state index >= 15 is 0 Å². The van der Waals surface area contributed by atoms with Gasteiger partial charge in [-0.3, -0.25) is 14.2 Å². The Morgan fingerprint density at radius 3 is 2.73 bits per heavy atom. The molecule has 2 aromatic carbocycles. The van der Waals surface area contributed by atoms with Gasteiger partial charge in [-0.25, -0.2) is 4.98 Å². The molecule has 0 atom stereocenters. The first kappa shape index (κ1) is 23.1. The van der Waals surface area contributed by atoms with Crippen LogP contribution in [-0.2, 0) is 11.3 Å². The summed E-state index contributed by atoms with van der Waals surface area (Å²) in [5, 5.41) is 4.00. The molecule has 0 aliphatic carbocycles. The molecule has 0 saturated carbocycles. The number of thioether (sulfide) groups is 1. The molecule has 1 amide bonds. The van der Waals surface area contributed by atoms with Crippen LogP contribution in [0.4, 0.5) is 5.69 Å². The number of unbranched alkanes of at least 4 members (excludes halogenated alkanes) is 1. The van der Waals surface area contributed by atoms with Gasteiger partial charge in [-0.2, -0.15) is 0 Å². The van der Waals surface area contributed by atoms with Gasteiger partial charge >= 0.3 is 0 Å². The van der Waals surface area contributed by atoms with Crippen molar-refractivity contribution in [2.24, 2.45) is 0 Å². The van der Waals surface area contributed by atoms with E-state index in [9.17, 15) is 9.59 Å². The fraction of sp³-hybridized carbons (Fsp3) is 0.240. The smallest absolute Gasteiger partial charge is 0.278 e. The molecule has 170 valence electrons. The van der Waals surface area contributed by atoms with Crippen molar-refractivity contribution in [3.8, 4) is 11.1 Å². The Balaban J connectivity index is 1.63. The summed E-state index contributed by atoms with van der Waals surface area (Å²) in [4.78, 5) is 33.8. The van der Waals surface area contributed by atoms with Gasteiger partial charge in [0, 0.05) is 29.0 Å². The molecule has 0 spiro atoms. The molecule has 6 nitrogen and oxygen atoms in total. The standard InChI is InChI=1S/C25H25ClN4O2S/c1-3-4-12-30-24(32)23-22(19(14-27-23)17-8-6-5-7-9-17)29-25(30)33-15-21(31)28-18-11-10-16(2)20(26)13-18/h5-11,13-14,27H,3-4,12,15H2,1-2H3,(H,28,31). The maximum Gasteiger partial charge on any atom is 0.278 e. The first-order chi connectivity index (χ1) is 16.0. The van der Waals surface area contributed by atoms with Crippen LogP contribution in [-0.4, -0.2) is 26.2 Å². The number of aromatic amines is 1. The van der Waals surface area contributed by atoms with Gasteiger partial charge in [0.05, 0.1) is 5.75 Å². The molecule has 0 saturated heterocycles. The quantitative estimate of drug-likeness (QED) is 0.243. The summed E-state index contributed by atoms with van der Waals surface area (Å²) in [6.07, 6.45) is 3.62. The average molecular weight is 481 g/mol. The lowest BCUT2D eigenvalue weighted by Gasteiger charge is -2.12. The number of benzene rings is 2. The van der Waals surface area contributed by atoms with Crippen LogP contribution in [0.5, 0.6) is 0 Å². The Kier molecular flexibility index (Phi) is 7.20. The van der Waals surface area contributed by atoms with Crippen molar-refractivity contribution in [3.63, 3.8) is 0 Å². The predicted molar refractivity (Wildman–Crippen MR) is 136 cm³/mol. The Bertz CT molecular complexity index is 1350. The number of hydrogen-bond acceptors (Lipinski definition) is 4. The Morgan fingerprint density at radius 1 is 1.21 bits per heavy atom. The van der Waals surface area contributed by atoms with E-state index in [1.54, 1.807) is 10.6 Å². The van der Waals surface area contributed by atoms with Gasteiger partial charge in [0.15, 0.2) is 5.16 Å². The van der Waals surface area contributed by atoms with E-state index in [1.165, 1.54) is 11.8 Å². The van der Waals surface area contributed by atoms with Crippen molar-refractivity contribution in [1.82, 2.24) is 14.5 Å². The van der Waals surface area contributed by atoms with Crippen molar-refractivity contribution in [1.29, 1.82) is 0 Å². The number of nitrogens with zero attached hydrogens (tertiary/aromatic N) is 2. The number of nitrogens with one attached hydrogen (secondary N) is 2. The second-order valence-corrected chi connectivity index (χ2v) is 9.15. The highest BCUT2D eigenvalue weighted by atomic mass is 35.5. The first-order valence-corrected chi connectivity index (χ1v) is 12.2. The minimum absolute atomic E-state index is 0.121. The number of carbonyl (C=O) groups excluding carboxylic acids is 1. The molecule has 0 aliphatic heterocycles. The number of halogens is 1. The van der Waals surface area contributed by atoms with E-state index in [1.807, 2.05) is 55.6 Å². The topological polar surface area (TPSA) is 79.8 Å². The number of amides is 1. The molecule has 0 unspecified atom stereocenters. The van der Waals surface area contributed by atoms with Gasteiger partial charge in [-0.15, -0.1) is 0 Å². The molecule has 0 radical (unpaired) electrons. The number of aryl methyl sites for hydroxylation is 1. The summed E-state index contributed by atoms with van der Waals surface area (Å²) in [5.74, 6) is -0.0608. The zero-order valence-electron chi connectivity index (χ0n) is 18.5. The fourth-order valence-electron chi connectivity index (χ4n) is 3.53. The zero-order valence-corrected chi connectivity index (χ0v) is 20.1. The summed E-state index contributed by atoms with van der Waals surface area (Å²) < 4.78 is 1.66. The van der Waals surface area contributed by atoms with E-state index in [-0.39, 0.29) is 17.2 Å². The summed E-state index contributed by atoms with van der Waals surface area (Å²) in [6, 6.07) is 15.2.